The van der Waals surface area contributed by atoms with Crippen molar-refractivity contribution < 1.29 is 19.1 Å². The van der Waals surface area contributed by atoms with Crippen LogP contribution in [-0.2, 0) is 33.9 Å². The second kappa shape index (κ2) is 11.4. The van der Waals surface area contributed by atoms with Crippen LogP contribution in [0.1, 0.15) is 11.1 Å². The molecular formula is C24H28N6O4. The largest absolute Gasteiger partial charge is 0.497 e. The normalized spacial score (nSPS) is 16.4. The predicted molar refractivity (Wildman–Crippen MR) is 123 cm³/mol. The Morgan fingerprint density at radius 2 is 1.91 bits per heavy atom. The van der Waals surface area contributed by atoms with Crippen molar-refractivity contribution in [3.63, 3.8) is 0 Å². The van der Waals surface area contributed by atoms with E-state index in [9.17, 15) is 9.59 Å². The maximum atomic E-state index is 13.1. The number of ether oxygens (including phenoxy) is 2. The summed E-state index contributed by atoms with van der Waals surface area (Å²) < 4.78 is 12.8. The number of carbonyl (C=O) groups excluding carboxylic acids is 2. The average Bonchev–Trinajstić information content (AvgIpc) is 3.31. The van der Waals surface area contributed by atoms with Gasteiger partial charge in [0.25, 0.3) is 0 Å². The number of hydrogen-bond donors (Lipinski definition) is 0. The summed E-state index contributed by atoms with van der Waals surface area (Å²) in [6, 6.07) is 17.7. The van der Waals surface area contributed by atoms with Gasteiger partial charge in [0.2, 0.25) is 11.8 Å². The lowest BCUT2D eigenvalue weighted by atomic mass is 10.1. The Morgan fingerprint density at radius 3 is 2.68 bits per heavy atom. The van der Waals surface area contributed by atoms with E-state index >= 15 is 0 Å². The van der Waals surface area contributed by atoms with Crippen LogP contribution in [0.5, 0.6) is 5.75 Å². The van der Waals surface area contributed by atoms with Gasteiger partial charge in [-0.1, -0.05) is 42.5 Å². The van der Waals surface area contributed by atoms with E-state index in [2.05, 4.69) is 15.5 Å². The summed E-state index contributed by atoms with van der Waals surface area (Å²) in [4.78, 5) is 29.3. The maximum Gasteiger partial charge on any atom is 0.245 e. The van der Waals surface area contributed by atoms with E-state index in [-0.39, 0.29) is 31.0 Å². The maximum absolute atomic E-state index is 13.1. The smallest absolute Gasteiger partial charge is 0.245 e. The number of methoxy groups -OCH3 is 1. The summed E-state index contributed by atoms with van der Waals surface area (Å²) in [5, 5.41) is 10.9. The molecule has 1 aliphatic heterocycles. The van der Waals surface area contributed by atoms with Crippen molar-refractivity contribution in [3.05, 3.63) is 72.1 Å². The van der Waals surface area contributed by atoms with Crippen molar-refractivity contribution in [3.8, 4) is 5.75 Å². The highest BCUT2D eigenvalue weighted by Gasteiger charge is 2.31. The molecule has 4 rings (SSSR count). The highest BCUT2D eigenvalue weighted by Crippen LogP contribution is 2.16. The van der Waals surface area contributed by atoms with E-state index in [0.29, 0.717) is 26.2 Å². The molecule has 0 N–H and O–H groups in total. The molecule has 1 saturated heterocycles. The first-order valence-electron chi connectivity index (χ1n) is 11.2. The lowest BCUT2D eigenvalue weighted by molar-refractivity contribution is -0.139. The van der Waals surface area contributed by atoms with Gasteiger partial charge in [-0.15, -0.1) is 5.10 Å². The zero-order valence-corrected chi connectivity index (χ0v) is 19.1. The molecule has 0 aliphatic carbocycles. The minimum absolute atomic E-state index is 0.00519. The molecule has 178 valence electrons. The second-order valence-corrected chi connectivity index (χ2v) is 8.14. The molecule has 0 bridgehead atoms. The molecule has 2 aromatic carbocycles. The number of nitrogens with zero attached hydrogens (tertiary/aromatic N) is 6. The number of hydrogen-bond acceptors (Lipinski definition) is 7. The number of tetrazole rings is 1. The predicted octanol–water partition coefficient (Wildman–Crippen LogP) is 1.18. The summed E-state index contributed by atoms with van der Waals surface area (Å²) in [6.07, 6.45) is 1.76. The van der Waals surface area contributed by atoms with Crippen LogP contribution < -0.4 is 4.74 Å². The Hall–Kier alpha value is -3.79. The third-order valence-electron chi connectivity index (χ3n) is 5.70. The number of amides is 2. The molecule has 2 amide bonds. The van der Waals surface area contributed by atoms with Crippen LogP contribution in [0.2, 0.25) is 0 Å². The summed E-state index contributed by atoms with van der Waals surface area (Å²) in [6.45, 7) is 1.57. The van der Waals surface area contributed by atoms with Gasteiger partial charge in [-0.3, -0.25) is 9.59 Å². The van der Waals surface area contributed by atoms with Crippen molar-refractivity contribution in [2.75, 3.05) is 33.3 Å². The molecule has 1 fully saturated rings. The SMILES string of the molecule is COc1cccc(COC2CN(CCc3ccccc3)C(=O)CN(C(=O)Cn3cnnn3)C2)c1. The minimum atomic E-state index is -0.341. The molecule has 0 radical (unpaired) electrons. The van der Waals surface area contributed by atoms with E-state index in [1.54, 1.807) is 12.0 Å². The van der Waals surface area contributed by atoms with Gasteiger partial charge in [-0.2, -0.15) is 0 Å². The molecule has 3 aromatic rings. The van der Waals surface area contributed by atoms with Crippen molar-refractivity contribution in [1.82, 2.24) is 30.0 Å². The molecule has 0 spiro atoms. The first-order valence-corrected chi connectivity index (χ1v) is 11.2. The van der Waals surface area contributed by atoms with Gasteiger partial charge in [-0.25, -0.2) is 4.68 Å². The minimum Gasteiger partial charge on any atom is -0.497 e. The van der Waals surface area contributed by atoms with Gasteiger partial charge < -0.3 is 19.3 Å². The third kappa shape index (κ3) is 6.38. The Morgan fingerprint density at radius 1 is 1.09 bits per heavy atom. The molecule has 0 saturated carbocycles. The van der Waals surface area contributed by atoms with Crippen LogP contribution in [0.25, 0.3) is 0 Å². The standard InChI is InChI=1S/C24H28N6O4/c1-33-21-9-5-8-20(12-21)17-34-22-13-28(11-10-19-6-3-2-4-7-19)23(31)15-29(14-22)24(32)16-30-18-25-26-27-30/h2-9,12,18,22H,10-11,13-17H2,1H3. The molecule has 10 nitrogen and oxygen atoms in total. The van der Waals surface area contributed by atoms with E-state index < -0.39 is 0 Å². The Kier molecular flexibility index (Phi) is 7.82. The lowest BCUT2D eigenvalue weighted by Gasteiger charge is -2.25. The Balaban J connectivity index is 1.45. The van der Waals surface area contributed by atoms with Crippen molar-refractivity contribution in [2.24, 2.45) is 0 Å². The van der Waals surface area contributed by atoms with Crippen LogP contribution in [-0.4, -0.2) is 81.2 Å². The van der Waals surface area contributed by atoms with Crippen molar-refractivity contribution in [2.45, 2.75) is 25.7 Å². The summed E-state index contributed by atoms with van der Waals surface area (Å²) in [5.74, 6) is 0.411. The highest BCUT2D eigenvalue weighted by atomic mass is 16.5. The van der Waals surface area contributed by atoms with E-state index in [0.717, 1.165) is 23.3 Å². The topological polar surface area (TPSA) is 103 Å². The first kappa shape index (κ1) is 23.4. The number of benzene rings is 2. The quantitative estimate of drug-likeness (QED) is 0.469. The molecule has 1 aromatic heterocycles. The molecule has 1 aliphatic rings. The lowest BCUT2D eigenvalue weighted by Crippen LogP contribution is -2.41. The fraction of sp³-hybridized carbons (Fsp3) is 0.375. The molecular weight excluding hydrogens is 436 g/mol. The number of carbonyl (C=O) groups is 2. The van der Waals surface area contributed by atoms with Crippen LogP contribution >= 0.6 is 0 Å². The summed E-state index contributed by atoms with van der Waals surface area (Å²) in [7, 11) is 1.62. The first-order chi connectivity index (χ1) is 16.6. The van der Waals surface area contributed by atoms with E-state index in [4.69, 9.17) is 9.47 Å². The van der Waals surface area contributed by atoms with Crippen molar-refractivity contribution in [1.29, 1.82) is 0 Å². The van der Waals surface area contributed by atoms with E-state index in [1.165, 1.54) is 15.9 Å². The number of aromatic nitrogens is 4. The molecule has 10 heteroatoms. The van der Waals surface area contributed by atoms with Gasteiger partial charge in [0.1, 0.15) is 18.6 Å². The zero-order valence-electron chi connectivity index (χ0n) is 19.1. The van der Waals surface area contributed by atoms with Gasteiger partial charge in [0, 0.05) is 19.6 Å². The Labute approximate surface area is 198 Å². The highest BCUT2D eigenvalue weighted by molar-refractivity contribution is 5.85. The average molecular weight is 465 g/mol. The van der Waals surface area contributed by atoms with Gasteiger partial charge in [0.05, 0.1) is 26.4 Å². The second-order valence-electron chi connectivity index (χ2n) is 8.14. The van der Waals surface area contributed by atoms with Crippen LogP contribution in [0, 0.1) is 0 Å². The van der Waals surface area contributed by atoms with Crippen LogP contribution in [0.15, 0.2) is 60.9 Å². The van der Waals surface area contributed by atoms with E-state index in [1.807, 2.05) is 54.6 Å². The van der Waals surface area contributed by atoms with Gasteiger partial charge >= 0.3 is 0 Å². The molecule has 1 atom stereocenters. The third-order valence-corrected chi connectivity index (χ3v) is 5.70. The van der Waals surface area contributed by atoms with Gasteiger partial charge in [0.15, 0.2) is 0 Å². The fourth-order valence-corrected chi connectivity index (χ4v) is 3.87. The molecule has 34 heavy (non-hydrogen) atoms. The molecule has 1 unspecified atom stereocenters. The number of rotatable bonds is 9. The summed E-state index contributed by atoms with van der Waals surface area (Å²) in [5.41, 5.74) is 2.11. The van der Waals surface area contributed by atoms with Crippen LogP contribution in [0.4, 0.5) is 0 Å². The fourth-order valence-electron chi connectivity index (χ4n) is 3.87. The Bertz CT molecular complexity index is 1080. The summed E-state index contributed by atoms with van der Waals surface area (Å²) >= 11 is 0. The van der Waals surface area contributed by atoms with Crippen molar-refractivity contribution >= 4 is 11.8 Å². The zero-order chi connectivity index (χ0) is 23.8. The monoisotopic (exact) mass is 464 g/mol. The van der Waals surface area contributed by atoms with Gasteiger partial charge in [-0.05, 0) is 40.1 Å². The molecule has 2 heterocycles. The van der Waals surface area contributed by atoms with Crippen LogP contribution in [0.3, 0.4) is 0 Å².